The lowest BCUT2D eigenvalue weighted by Crippen LogP contribution is -1.89. The molecule has 0 aliphatic carbocycles. The molecule has 0 saturated heterocycles. The van der Waals surface area contributed by atoms with Crippen LogP contribution in [0.25, 0.3) is 0 Å². The van der Waals surface area contributed by atoms with Crippen LogP contribution in [0.2, 0.25) is 0 Å². The quantitative estimate of drug-likeness (QED) is 0.608. The SMILES string of the molecule is CCOc1cc[c][nH]1. The van der Waals surface area contributed by atoms with E-state index in [1.807, 2.05) is 13.0 Å². The molecule has 2 heteroatoms. The van der Waals surface area contributed by atoms with Crippen LogP contribution < -0.4 is 4.74 Å². The predicted octanol–water partition coefficient (Wildman–Crippen LogP) is 1.21. The largest absolute Gasteiger partial charge is 0.479 e. The summed E-state index contributed by atoms with van der Waals surface area (Å²) in [6.07, 6.45) is 2.76. The molecule has 0 fully saturated rings. The minimum absolute atomic E-state index is 0.703. The van der Waals surface area contributed by atoms with Gasteiger partial charge in [0.05, 0.1) is 12.8 Å². The second-order valence-corrected chi connectivity index (χ2v) is 1.40. The van der Waals surface area contributed by atoms with E-state index in [4.69, 9.17) is 4.74 Å². The first-order chi connectivity index (χ1) is 3.93. The fourth-order valence-electron chi connectivity index (χ4n) is 0.512. The molecular formula is C6H8NO. The Hall–Kier alpha value is -0.920. The molecule has 1 aromatic heterocycles. The summed E-state index contributed by atoms with van der Waals surface area (Å²) in [5.41, 5.74) is 0. The Balaban J connectivity index is 2.50. The Labute approximate surface area is 48.5 Å². The molecule has 1 heterocycles. The molecule has 2 nitrogen and oxygen atoms in total. The molecule has 0 aromatic carbocycles. The zero-order chi connectivity index (χ0) is 5.82. The summed E-state index contributed by atoms with van der Waals surface area (Å²) in [6, 6.07) is 3.62. The number of hydrogen-bond donors (Lipinski definition) is 1. The van der Waals surface area contributed by atoms with Gasteiger partial charge in [-0.1, -0.05) is 0 Å². The summed E-state index contributed by atoms with van der Waals surface area (Å²) in [5, 5.41) is 0. The van der Waals surface area contributed by atoms with Crippen LogP contribution in [0, 0.1) is 6.20 Å². The molecule has 8 heavy (non-hydrogen) atoms. The van der Waals surface area contributed by atoms with Gasteiger partial charge in [0, 0.05) is 6.07 Å². The van der Waals surface area contributed by atoms with Gasteiger partial charge in [-0.05, 0) is 13.0 Å². The van der Waals surface area contributed by atoms with Gasteiger partial charge in [0.15, 0.2) is 5.88 Å². The normalized spacial score (nSPS) is 9.12. The van der Waals surface area contributed by atoms with Crippen LogP contribution in [-0.2, 0) is 0 Å². The van der Waals surface area contributed by atoms with Crippen molar-refractivity contribution in [2.45, 2.75) is 6.92 Å². The van der Waals surface area contributed by atoms with Crippen molar-refractivity contribution >= 4 is 0 Å². The molecule has 1 rings (SSSR count). The first kappa shape index (κ1) is 5.22. The molecule has 0 aliphatic rings. The van der Waals surface area contributed by atoms with Crippen molar-refractivity contribution in [2.75, 3.05) is 6.61 Å². The molecule has 1 N–H and O–H groups in total. The molecule has 0 unspecified atom stereocenters. The maximum absolute atomic E-state index is 5.06. The van der Waals surface area contributed by atoms with Gasteiger partial charge >= 0.3 is 0 Å². The maximum Gasteiger partial charge on any atom is 0.191 e. The van der Waals surface area contributed by atoms with E-state index in [-0.39, 0.29) is 0 Å². The Morgan fingerprint density at radius 3 is 3.25 bits per heavy atom. The Morgan fingerprint density at radius 1 is 1.88 bits per heavy atom. The van der Waals surface area contributed by atoms with Crippen molar-refractivity contribution in [3.05, 3.63) is 18.3 Å². The van der Waals surface area contributed by atoms with E-state index in [0.717, 1.165) is 5.88 Å². The van der Waals surface area contributed by atoms with Gasteiger partial charge in [0.1, 0.15) is 0 Å². The van der Waals surface area contributed by atoms with Crippen molar-refractivity contribution in [3.63, 3.8) is 0 Å². The van der Waals surface area contributed by atoms with Crippen LogP contribution in [0.3, 0.4) is 0 Å². The fraction of sp³-hybridized carbons (Fsp3) is 0.333. The molecule has 0 atom stereocenters. The Kier molecular flexibility index (Phi) is 1.57. The summed E-state index contributed by atoms with van der Waals surface area (Å²) in [5.74, 6) is 0.785. The first-order valence-corrected chi connectivity index (χ1v) is 2.61. The highest BCUT2D eigenvalue weighted by molar-refractivity contribution is 5.08. The number of nitrogens with one attached hydrogen (secondary N) is 1. The number of H-pyrrole nitrogens is 1. The number of hydrogen-bond acceptors (Lipinski definition) is 1. The zero-order valence-corrected chi connectivity index (χ0v) is 4.77. The van der Waals surface area contributed by atoms with Gasteiger partial charge < -0.3 is 9.72 Å². The van der Waals surface area contributed by atoms with Gasteiger partial charge in [-0.15, -0.1) is 0 Å². The van der Waals surface area contributed by atoms with Crippen molar-refractivity contribution in [2.24, 2.45) is 0 Å². The van der Waals surface area contributed by atoms with E-state index in [0.29, 0.717) is 6.61 Å². The van der Waals surface area contributed by atoms with Crippen LogP contribution in [0.4, 0.5) is 0 Å². The predicted molar refractivity (Wildman–Crippen MR) is 30.8 cm³/mol. The third-order valence-corrected chi connectivity index (χ3v) is 0.813. The lowest BCUT2D eigenvalue weighted by atomic mass is 10.6. The second-order valence-electron chi connectivity index (χ2n) is 1.40. The summed E-state index contributed by atoms with van der Waals surface area (Å²) >= 11 is 0. The summed E-state index contributed by atoms with van der Waals surface area (Å²) in [7, 11) is 0. The van der Waals surface area contributed by atoms with Gasteiger partial charge in [0.2, 0.25) is 0 Å². The van der Waals surface area contributed by atoms with Crippen LogP contribution in [0.5, 0.6) is 5.88 Å². The highest BCUT2D eigenvalue weighted by Gasteiger charge is 1.85. The highest BCUT2D eigenvalue weighted by Crippen LogP contribution is 2.02. The van der Waals surface area contributed by atoms with Gasteiger partial charge in [-0.2, -0.15) is 0 Å². The second kappa shape index (κ2) is 2.40. The number of aromatic nitrogens is 1. The maximum atomic E-state index is 5.06. The van der Waals surface area contributed by atoms with Crippen LogP contribution in [0.1, 0.15) is 6.92 Å². The molecule has 1 radical (unpaired) electrons. The smallest absolute Gasteiger partial charge is 0.191 e. The lowest BCUT2D eigenvalue weighted by molar-refractivity contribution is 0.328. The average molecular weight is 110 g/mol. The molecule has 43 valence electrons. The molecule has 0 aliphatic heterocycles. The number of ether oxygens (including phenoxy) is 1. The fourth-order valence-corrected chi connectivity index (χ4v) is 0.512. The van der Waals surface area contributed by atoms with E-state index >= 15 is 0 Å². The van der Waals surface area contributed by atoms with Crippen LogP contribution in [-0.4, -0.2) is 11.6 Å². The summed E-state index contributed by atoms with van der Waals surface area (Å²) in [6.45, 7) is 2.65. The molecular weight excluding hydrogens is 102 g/mol. The minimum atomic E-state index is 0.703. The van der Waals surface area contributed by atoms with Crippen molar-refractivity contribution in [1.29, 1.82) is 0 Å². The molecule has 0 spiro atoms. The third-order valence-electron chi connectivity index (χ3n) is 0.813. The molecule has 0 amide bonds. The topological polar surface area (TPSA) is 25.0 Å². The van der Waals surface area contributed by atoms with Crippen molar-refractivity contribution in [1.82, 2.24) is 4.98 Å². The summed E-state index contributed by atoms with van der Waals surface area (Å²) < 4.78 is 5.06. The lowest BCUT2D eigenvalue weighted by Gasteiger charge is -1.94. The van der Waals surface area contributed by atoms with Crippen molar-refractivity contribution < 1.29 is 4.74 Å². The molecule has 0 bridgehead atoms. The van der Waals surface area contributed by atoms with E-state index in [2.05, 4.69) is 11.2 Å². The molecule has 1 aromatic rings. The van der Waals surface area contributed by atoms with Crippen molar-refractivity contribution in [3.8, 4) is 5.88 Å². The van der Waals surface area contributed by atoms with E-state index in [9.17, 15) is 0 Å². The number of rotatable bonds is 2. The van der Waals surface area contributed by atoms with E-state index < -0.39 is 0 Å². The van der Waals surface area contributed by atoms with Gasteiger partial charge in [0.25, 0.3) is 0 Å². The third kappa shape index (κ3) is 1.03. The average Bonchev–Trinajstić information content (AvgIpc) is 2.19. The Bertz CT molecular complexity index is 134. The highest BCUT2D eigenvalue weighted by atomic mass is 16.5. The summed E-state index contributed by atoms with van der Waals surface area (Å²) in [4.78, 5) is 2.79. The van der Waals surface area contributed by atoms with E-state index in [1.54, 1.807) is 6.07 Å². The van der Waals surface area contributed by atoms with Gasteiger partial charge in [-0.25, -0.2) is 0 Å². The van der Waals surface area contributed by atoms with E-state index in [1.165, 1.54) is 0 Å². The standard InChI is InChI=1S/C6H8NO/c1-2-8-6-4-3-5-7-6/h3-4,7H,2H2,1H3. The first-order valence-electron chi connectivity index (χ1n) is 2.61. The number of aromatic amines is 1. The monoisotopic (exact) mass is 110 g/mol. The van der Waals surface area contributed by atoms with Crippen LogP contribution >= 0.6 is 0 Å². The Morgan fingerprint density at radius 2 is 2.75 bits per heavy atom. The zero-order valence-electron chi connectivity index (χ0n) is 4.77. The van der Waals surface area contributed by atoms with Gasteiger partial charge in [-0.3, -0.25) is 0 Å². The van der Waals surface area contributed by atoms with Crippen LogP contribution in [0.15, 0.2) is 12.1 Å². The minimum Gasteiger partial charge on any atom is -0.479 e. The molecule has 0 saturated carbocycles.